The van der Waals surface area contributed by atoms with Gasteiger partial charge in [0.05, 0.1) is 19.4 Å². The molecule has 266 valence electrons. The topological polar surface area (TPSA) is 259 Å². The van der Waals surface area contributed by atoms with Crippen molar-refractivity contribution in [3.05, 3.63) is 71.8 Å². The monoisotopic (exact) mass is 691 g/mol. The number of aliphatic carboxylic acids is 1. The van der Waals surface area contributed by atoms with Gasteiger partial charge in [-0.3, -0.25) is 38.6 Å². The molecule has 6 amide bonds. The third-order valence-electron chi connectivity index (χ3n) is 8.18. The van der Waals surface area contributed by atoms with Gasteiger partial charge in [0.1, 0.15) is 24.2 Å². The molecule has 2 aromatic rings. The molecule has 0 spiro atoms. The molecule has 3 aliphatic rings. The van der Waals surface area contributed by atoms with Gasteiger partial charge in [0, 0.05) is 26.2 Å². The van der Waals surface area contributed by atoms with Crippen molar-refractivity contribution in [3.63, 3.8) is 0 Å². The molecule has 50 heavy (non-hydrogen) atoms. The number of amides is 6. The average Bonchev–Trinajstić information content (AvgIpc) is 3.08. The minimum absolute atomic E-state index is 0.0352. The highest BCUT2D eigenvalue weighted by atomic mass is 16.4. The molecule has 17 heteroatoms. The normalized spacial score (nSPS) is 22.2. The quantitative estimate of drug-likeness (QED) is 0.0620. The van der Waals surface area contributed by atoms with Crippen LogP contribution in [-0.4, -0.2) is 106 Å². The molecule has 17 nitrogen and oxygen atoms in total. The van der Waals surface area contributed by atoms with E-state index in [0.717, 1.165) is 0 Å². The summed E-state index contributed by atoms with van der Waals surface area (Å²) in [4.78, 5) is 99.8. The van der Waals surface area contributed by atoms with E-state index in [1.54, 1.807) is 60.7 Å². The number of hydrogen-bond acceptors (Lipinski definition) is 8. The van der Waals surface area contributed by atoms with Crippen LogP contribution in [0.1, 0.15) is 36.8 Å². The fraction of sp³-hybridized carbons (Fsp3) is 0.394. The second-order valence-electron chi connectivity index (χ2n) is 11.9. The first-order valence-electron chi connectivity index (χ1n) is 16.0. The van der Waals surface area contributed by atoms with Crippen LogP contribution in [0.25, 0.3) is 0 Å². The zero-order chi connectivity index (χ0) is 36.2. The van der Waals surface area contributed by atoms with Crippen molar-refractivity contribution < 1.29 is 38.7 Å². The minimum Gasteiger partial charge on any atom is -0.481 e. The van der Waals surface area contributed by atoms with Crippen molar-refractivity contribution in [2.24, 2.45) is 16.5 Å². The standard InChI is InChI=1S/C33H41N9O8/c34-33(35)36-13-7-12-22-29(47)38-17-27(44)40-23(14-28(45)46)30(48)37-16-25-32(50)41(18-20-8-3-1-4-9-20)24(15-26(43)39-22)31(49)42(25)19-21-10-5-2-6-11-21/h1-6,8-11,22-25H,7,12-19H2,(H,37,48)(H,38,47)(H,39,43)(H,40,44)(H,45,46)(H4,34,35,36)/t22-,23-,24+,25-/m0/s1. The Kier molecular flexibility index (Phi) is 12.8. The lowest BCUT2D eigenvalue weighted by Crippen LogP contribution is -2.67. The number of aliphatic imine (C=N–C) groups is 1. The minimum atomic E-state index is -1.58. The number of hydrogen-bond donors (Lipinski definition) is 7. The molecule has 0 unspecified atom stereocenters. The van der Waals surface area contributed by atoms with Crippen LogP contribution in [0.3, 0.4) is 0 Å². The summed E-state index contributed by atoms with van der Waals surface area (Å²) in [5.74, 6) is -5.97. The highest BCUT2D eigenvalue weighted by Gasteiger charge is 2.47. The maximum absolute atomic E-state index is 14.4. The Morgan fingerprint density at radius 2 is 1.30 bits per heavy atom. The number of carbonyl (C=O) groups excluding carboxylic acids is 6. The van der Waals surface area contributed by atoms with Gasteiger partial charge in [-0.25, -0.2) is 0 Å². The second kappa shape index (κ2) is 17.4. The molecule has 3 saturated heterocycles. The predicted octanol–water partition coefficient (Wildman–Crippen LogP) is -2.07. The highest BCUT2D eigenvalue weighted by molar-refractivity contribution is 6.00. The van der Waals surface area contributed by atoms with Crippen molar-refractivity contribution in [2.75, 3.05) is 19.6 Å². The molecule has 0 aromatic heterocycles. The van der Waals surface area contributed by atoms with E-state index in [2.05, 4.69) is 26.3 Å². The Morgan fingerprint density at radius 3 is 1.88 bits per heavy atom. The van der Waals surface area contributed by atoms with Gasteiger partial charge in [0.2, 0.25) is 35.4 Å². The van der Waals surface area contributed by atoms with E-state index < -0.39 is 91.5 Å². The third-order valence-corrected chi connectivity index (χ3v) is 8.18. The molecular formula is C33H41N9O8. The van der Waals surface area contributed by atoms with Crippen molar-refractivity contribution in [1.29, 1.82) is 0 Å². The Labute approximate surface area is 287 Å². The molecule has 0 radical (unpaired) electrons. The molecule has 2 bridgehead atoms. The van der Waals surface area contributed by atoms with Crippen LogP contribution < -0.4 is 32.7 Å². The third kappa shape index (κ3) is 10.2. The summed E-state index contributed by atoms with van der Waals surface area (Å²) in [6.07, 6.45) is -1.02. The number of nitrogens with two attached hydrogens (primary N) is 2. The van der Waals surface area contributed by atoms with Crippen LogP contribution in [0.4, 0.5) is 0 Å². The summed E-state index contributed by atoms with van der Waals surface area (Å²) >= 11 is 0. The fourth-order valence-electron chi connectivity index (χ4n) is 5.73. The van der Waals surface area contributed by atoms with E-state index >= 15 is 0 Å². The first kappa shape index (κ1) is 36.8. The predicted molar refractivity (Wildman–Crippen MR) is 178 cm³/mol. The van der Waals surface area contributed by atoms with Gasteiger partial charge in [-0.1, -0.05) is 60.7 Å². The Balaban J connectivity index is 1.75. The smallest absolute Gasteiger partial charge is 0.305 e. The highest BCUT2D eigenvalue weighted by Crippen LogP contribution is 2.25. The lowest BCUT2D eigenvalue weighted by atomic mass is 9.98. The molecule has 0 saturated carbocycles. The number of guanidine groups is 1. The molecule has 9 N–H and O–H groups in total. The number of carboxylic acid groups (broad SMARTS) is 1. The molecule has 3 aliphatic heterocycles. The molecule has 5 rings (SSSR count). The van der Waals surface area contributed by atoms with Gasteiger partial charge in [0.15, 0.2) is 5.96 Å². The summed E-state index contributed by atoms with van der Waals surface area (Å²) < 4.78 is 0. The second-order valence-corrected chi connectivity index (χ2v) is 11.9. The van der Waals surface area contributed by atoms with Gasteiger partial charge >= 0.3 is 5.97 Å². The fourth-order valence-corrected chi connectivity index (χ4v) is 5.73. The van der Waals surface area contributed by atoms with Crippen LogP contribution in [0.5, 0.6) is 0 Å². The Bertz CT molecular complexity index is 1600. The van der Waals surface area contributed by atoms with Gasteiger partial charge in [-0.15, -0.1) is 0 Å². The van der Waals surface area contributed by atoms with Crippen LogP contribution >= 0.6 is 0 Å². The van der Waals surface area contributed by atoms with E-state index in [9.17, 15) is 38.7 Å². The number of carboxylic acids is 1. The number of nitrogens with one attached hydrogen (secondary N) is 4. The summed E-state index contributed by atoms with van der Waals surface area (Å²) in [5.41, 5.74) is 12.1. The Hall–Kier alpha value is -6.00. The first-order valence-corrected chi connectivity index (χ1v) is 16.0. The number of piperazine rings is 1. The maximum Gasteiger partial charge on any atom is 0.305 e. The van der Waals surface area contributed by atoms with Crippen LogP contribution in [0, 0.1) is 0 Å². The largest absolute Gasteiger partial charge is 0.481 e. The maximum atomic E-state index is 14.4. The zero-order valence-corrected chi connectivity index (χ0v) is 27.2. The van der Waals surface area contributed by atoms with Crippen LogP contribution in [-0.2, 0) is 46.7 Å². The van der Waals surface area contributed by atoms with Gasteiger partial charge < -0.3 is 47.6 Å². The average molecular weight is 692 g/mol. The number of nitrogens with zero attached hydrogens (tertiary/aromatic N) is 3. The summed E-state index contributed by atoms with van der Waals surface area (Å²) in [6, 6.07) is 12.3. The molecular weight excluding hydrogens is 650 g/mol. The molecule has 3 fully saturated rings. The summed E-state index contributed by atoms with van der Waals surface area (Å²) in [6.45, 7) is -1.02. The van der Waals surface area contributed by atoms with E-state index in [1.165, 1.54) is 9.80 Å². The van der Waals surface area contributed by atoms with Crippen molar-refractivity contribution >= 4 is 47.4 Å². The van der Waals surface area contributed by atoms with Gasteiger partial charge in [-0.2, -0.15) is 0 Å². The summed E-state index contributed by atoms with van der Waals surface area (Å²) in [7, 11) is 0. The van der Waals surface area contributed by atoms with Crippen molar-refractivity contribution in [1.82, 2.24) is 31.1 Å². The molecule has 3 heterocycles. The first-order chi connectivity index (χ1) is 23.9. The van der Waals surface area contributed by atoms with E-state index in [4.69, 9.17) is 11.5 Å². The van der Waals surface area contributed by atoms with Crippen LogP contribution in [0.15, 0.2) is 65.7 Å². The Morgan fingerprint density at radius 1 is 0.760 bits per heavy atom. The van der Waals surface area contributed by atoms with Gasteiger partial charge in [0.25, 0.3) is 0 Å². The van der Waals surface area contributed by atoms with Crippen molar-refractivity contribution in [2.45, 2.75) is 62.9 Å². The molecule has 2 aromatic carbocycles. The molecule has 0 aliphatic carbocycles. The van der Waals surface area contributed by atoms with Crippen molar-refractivity contribution in [3.8, 4) is 0 Å². The zero-order valence-electron chi connectivity index (χ0n) is 27.2. The number of rotatable bonds is 10. The number of carbonyl (C=O) groups is 7. The SMILES string of the molecule is NC(N)=NCCC[C@@H]1NC(=O)C[C@@H]2C(=O)N(Cc3ccccc3)[C@@H](CNC(=O)[C@H](CC(=O)O)NC(=O)CNC1=O)C(=O)N2Cc1ccccc1. The van der Waals surface area contributed by atoms with Gasteiger partial charge in [-0.05, 0) is 24.0 Å². The number of fused-ring (bicyclic) bond motifs is 14. The lowest BCUT2D eigenvalue weighted by molar-refractivity contribution is -0.164. The van der Waals surface area contributed by atoms with E-state index in [0.29, 0.717) is 11.1 Å². The molecule has 4 atom stereocenters. The van der Waals surface area contributed by atoms with E-state index in [-0.39, 0.29) is 38.4 Å². The number of benzene rings is 2. The summed E-state index contributed by atoms with van der Waals surface area (Å²) in [5, 5.41) is 19.3. The van der Waals surface area contributed by atoms with Crippen LogP contribution in [0.2, 0.25) is 0 Å². The van der Waals surface area contributed by atoms with E-state index in [1.807, 2.05) is 0 Å². The lowest BCUT2D eigenvalue weighted by Gasteiger charge is -2.45.